The standard InChI is InChI=1S/C3H8N.Cr/c1-2-3-4;/h1-4H2;/q-1;. The van der Waals surface area contributed by atoms with Gasteiger partial charge in [-0.2, -0.15) is 6.42 Å². The molecule has 0 unspecified atom stereocenters. The molecule has 0 aliphatic rings. The predicted molar refractivity (Wildman–Crippen MR) is 19.0 cm³/mol. The summed E-state index contributed by atoms with van der Waals surface area (Å²) in [4.78, 5) is 0. The molecule has 0 saturated heterocycles. The van der Waals surface area contributed by atoms with Gasteiger partial charge in [-0.05, 0) is 6.54 Å². The molecule has 0 amide bonds. The first kappa shape index (κ1) is 9.09. The summed E-state index contributed by atoms with van der Waals surface area (Å²) < 4.78 is 0. The molecule has 0 aromatic carbocycles. The maximum atomic E-state index is 4.97. The topological polar surface area (TPSA) is 26.0 Å². The molecular formula is C3H8CrN-. The maximum Gasteiger partial charge on any atom is 0 e. The molecule has 0 aromatic heterocycles. The van der Waals surface area contributed by atoms with E-state index >= 15 is 0 Å². The van der Waals surface area contributed by atoms with E-state index in [2.05, 4.69) is 6.92 Å². The third kappa shape index (κ3) is 12.5. The molecule has 0 aliphatic heterocycles. The number of hydrogen-bond acceptors (Lipinski definition) is 1. The van der Waals surface area contributed by atoms with Crippen molar-refractivity contribution in [3.63, 3.8) is 0 Å². The van der Waals surface area contributed by atoms with Gasteiger partial charge >= 0.3 is 0 Å². The van der Waals surface area contributed by atoms with E-state index in [-0.39, 0.29) is 17.4 Å². The second kappa shape index (κ2) is 8.82. The van der Waals surface area contributed by atoms with E-state index in [1.807, 2.05) is 0 Å². The largest absolute Gasteiger partial charge is 0.342 e. The second-order valence-corrected chi connectivity index (χ2v) is 0.642. The smallest absolute Gasteiger partial charge is 0 e. The Morgan fingerprint density at radius 3 is 1.80 bits per heavy atom. The van der Waals surface area contributed by atoms with Gasteiger partial charge in [0.05, 0.1) is 0 Å². The zero-order chi connectivity index (χ0) is 3.41. The first-order valence-corrected chi connectivity index (χ1v) is 1.41. The quantitative estimate of drug-likeness (QED) is 0.478. The number of rotatable bonds is 1. The first-order valence-electron chi connectivity index (χ1n) is 1.41. The zero-order valence-corrected chi connectivity index (χ0v) is 4.38. The summed E-state index contributed by atoms with van der Waals surface area (Å²) in [5, 5.41) is 0. The van der Waals surface area contributed by atoms with Crippen LogP contribution in [-0.4, -0.2) is 6.54 Å². The molecule has 32 valence electrons. The third-order valence-corrected chi connectivity index (χ3v) is 0.204. The predicted octanol–water partition coefficient (Wildman–Crippen LogP) is 0.167. The summed E-state index contributed by atoms with van der Waals surface area (Å²) in [6.45, 7) is 4.19. The van der Waals surface area contributed by atoms with Crippen molar-refractivity contribution in [2.75, 3.05) is 6.54 Å². The average molecular weight is 110 g/mol. The Morgan fingerprint density at radius 2 is 1.80 bits per heavy atom. The van der Waals surface area contributed by atoms with Gasteiger partial charge in [-0.15, -0.1) is 0 Å². The van der Waals surface area contributed by atoms with Crippen LogP contribution in [-0.2, 0) is 17.4 Å². The average Bonchev–Trinajstić information content (AvgIpc) is 1.37. The van der Waals surface area contributed by atoms with Crippen LogP contribution >= 0.6 is 0 Å². The van der Waals surface area contributed by atoms with E-state index in [0.29, 0.717) is 6.54 Å². The van der Waals surface area contributed by atoms with E-state index < -0.39 is 0 Å². The van der Waals surface area contributed by atoms with Crippen LogP contribution in [0.25, 0.3) is 0 Å². The molecule has 0 fully saturated rings. The maximum absolute atomic E-state index is 4.97. The van der Waals surface area contributed by atoms with Crippen molar-refractivity contribution in [3.8, 4) is 0 Å². The van der Waals surface area contributed by atoms with Crippen molar-refractivity contribution in [2.24, 2.45) is 5.73 Å². The van der Waals surface area contributed by atoms with Crippen LogP contribution in [0.5, 0.6) is 0 Å². The fourth-order valence-corrected chi connectivity index (χ4v) is 0. The normalized spacial score (nSPS) is 6.00. The van der Waals surface area contributed by atoms with Crippen molar-refractivity contribution in [3.05, 3.63) is 6.92 Å². The molecule has 1 nitrogen and oxygen atoms in total. The molecule has 0 rings (SSSR count). The summed E-state index contributed by atoms with van der Waals surface area (Å²) in [6, 6.07) is 0. The zero-order valence-electron chi connectivity index (χ0n) is 3.11. The molecule has 0 aromatic rings. The Kier molecular flexibility index (Phi) is 16.0. The van der Waals surface area contributed by atoms with E-state index in [4.69, 9.17) is 5.73 Å². The van der Waals surface area contributed by atoms with Gasteiger partial charge < -0.3 is 12.7 Å². The SMILES string of the molecule is [CH2-]CCN.[Cr]. The molecule has 0 radical (unpaired) electrons. The number of nitrogens with two attached hydrogens (primary N) is 1. The minimum absolute atomic E-state index is 0. The molecular weight excluding hydrogens is 102 g/mol. The Labute approximate surface area is 43.7 Å². The molecule has 2 heteroatoms. The molecule has 0 atom stereocenters. The number of hydrogen-bond donors (Lipinski definition) is 1. The summed E-state index contributed by atoms with van der Waals surface area (Å²) in [5.74, 6) is 0. The van der Waals surface area contributed by atoms with Crippen molar-refractivity contribution >= 4 is 0 Å². The van der Waals surface area contributed by atoms with Crippen LogP contribution in [0.15, 0.2) is 0 Å². The van der Waals surface area contributed by atoms with Crippen molar-refractivity contribution < 1.29 is 17.4 Å². The van der Waals surface area contributed by atoms with E-state index in [1.54, 1.807) is 0 Å². The second-order valence-electron chi connectivity index (χ2n) is 0.642. The van der Waals surface area contributed by atoms with Gasteiger partial charge in [0, 0.05) is 17.4 Å². The Bertz CT molecular complexity index is 8.85. The van der Waals surface area contributed by atoms with Gasteiger partial charge in [0.15, 0.2) is 0 Å². The molecule has 0 aliphatic carbocycles. The van der Waals surface area contributed by atoms with Crippen LogP contribution in [0.2, 0.25) is 0 Å². The van der Waals surface area contributed by atoms with Gasteiger partial charge in [0.2, 0.25) is 0 Å². The fraction of sp³-hybridized carbons (Fsp3) is 0.667. The van der Waals surface area contributed by atoms with E-state index in [0.717, 1.165) is 6.42 Å². The van der Waals surface area contributed by atoms with Crippen LogP contribution in [0.4, 0.5) is 0 Å². The van der Waals surface area contributed by atoms with Gasteiger partial charge in [0.25, 0.3) is 0 Å². The summed E-state index contributed by atoms with van der Waals surface area (Å²) in [5.41, 5.74) is 4.97. The van der Waals surface area contributed by atoms with Gasteiger partial charge in [0.1, 0.15) is 0 Å². The van der Waals surface area contributed by atoms with E-state index in [9.17, 15) is 0 Å². The third-order valence-electron chi connectivity index (χ3n) is 0.204. The van der Waals surface area contributed by atoms with Crippen LogP contribution in [0, 0.1) is 6.92 Å². The Morgan fingerprint density at radius 1 is 1.60 bits per heavy atom. The molecule has 0 spiro atoms. The first-order chi connectivity index (χ1) is 1.91. The summed E-state index contributed by atoms with van der Waals surface area (Å²) in [6.07, 6.45) is 0.847. The van der Waals surface area contributed by atoms with Gasteiger partial charge in [-0.25, -0.2) is 0 Å². The summed E-state index contributed by atoms with van der Waals surface area (Å²) in [7, 11) is 0. The molecule has 2 N–H and O–H groups in total. The molecule has 5 heavy (non-hydrogen) atoms. The fourth-order valence-electron chi connectivity index (χ4n) is 0. The van der Waals surface area contributed by atoms with Crippen molar-refractivity contribution in [2.45, 2.75) is 6.42 Å². The van der Waals surface area contributed by atoms with Gasteiger partial charge in [-0.1, -0.05) is 0 Å². The Balaban J connectivity index is 0. The van der Waals surface area contributed by atoms with Crippen molar-refractivity contribution in [1.29, 1.82) is 0 Å². The van der Waals surface area contributed by atoms with Crippen LogP contribution in [0.1, 0.15) is 6.42 Å². The van der Waals surface area contributed by atoms with E-state index in [1.165, 1.54) is 0 Å². The monoisotopic (exact) mass is 110 g/mol. The summed E-state index contributed by atoms with van der Waals surface area (Å²) >= 11 is 0. The van der Waals surface area contributed by atoms with Crippen molar-refractivity contribution in [1.82, 2.24) is 0 Å². The minimum atomic E-state index is 0. The molecule has 0 heterocycles. The molecule has 0 bridgehead atoms. The Hall–Kier alpha value is 0.492. The van der Waals surface area contributed by atoms with Crippen LogP contribution < -0.4 is 5.73 Å². The minimum Gasteiger partial charge on any atom is -0.342 e. The molecule has 0 saturated carbocycles. The van der Waals surface area contributed by atoms with Gasteiger partial charge in [-0.3, -0.25) is 0 Å². The van der Waals surface area contributed by atoms with Crippen LogP contribution in [0.3, 0.4) is 0 Å².